The van der Waals surface area contributed by atoms with E-state index < -0.39 is 0 Å². The van der Waals surface area contributed by atoms with Gasteiger partial charge >= 0.3 is 0 Å². The summed E-state index contributed by atoms with van der Waals surface area (Å²) >= 11 is 5.92. The first-order valence-electron chi connectivity index (χ1n) is 8.55. The molecule has 0 saturated heterocycles. The zero-order chi connectivity index (χ0) is 16.5. The van der Waals surface area contributed by atoms with Gasteiger partial charge in [0.25, 0.3) is 0 Å². The molecule has 2 heterocycles. The van der Waals surface area contributed by atoms with E-state index in [1.807, 2.05) is 12.1 Å². The van der Waals surface area contributed by atoms with E-state index in [0.29, 0.717) is 23.4 Å². The average Bonchev–Trinajstić information content (AvgIpc) is 3.02. The van der Waals surface area contributed by atoms with E-state index in [2.05, 4.69) is 16.0 Å². The van der Waals surface area contributed by atoms with Crippen molar-refractivity contribution in [3.63, 3.8) is 0 Å². The van der Waals surface area contributed by atoms with Crippen LogP contribution in [0.15, 0.2) is 30.5 Å². The third-order valence-corrected chi connectivity index (χ3v) is 5.23. The monoisotopic (exact) mass is 344 g/mol. The van der Waals surface area contributed by atoms with Gasteiger partial charge in [-0.15, -0.1) is 0 Å². The summed E-state index contributed by atoms with van der Waals surface area (Å²) < 4.78 is 5.85. The Morgan fingerprint density at radius 3 is 2.79 bits per heavy atom. The van der Waals surface area contributed by atoms with Crippen LogP contribution in [0.2, 0.25) is 5.02 Å². The highest BCUT2D eigenvalue weighted by molar-refractivity contribution is 6.30. The maximum Gasteiger partial charge on any atom is 0.165 e. The van der Waals surface area contributed by atoms with E-state index in [1.165, 1.54) is 25.7 Å². The standard InChI is InChI=1S/C19H21ClN2O2/c20-15-5-6-17(21-11-15)13-9-14-12-22(16-3-1-2-4-16)7-8-24-19(14)18(23)10-13/h5-6,9-11,16,23H,1-4,7-8,12H2. The maximum absolute atomic E-state index is 10.4. The number of pyridine rings is 1. The van der Waals surface area contributed by atoms with Crippen LogP contribution in [0.3, 0.4) is 0 Å². The predicted octanol–water partition coefficient (Wildman–Crippen LogP) is 4.24. The highest BCUT2D eigenvalue weighted by Crippen LogP contribution is 2.38. The second-order valence-corrected chi connectivity index (χ2v) is 7.04. The molecule has 4 rings (SSSR count). The number of phenols is 1. The molecule has 1 aliphatic heterocycles. The second kappa shape index (κ2) is 6.61. The number of hydrogen-bond donors (Lipinski definition) is 1. The first-order chi connectivity index (χ1) is 11.7. The SMILES string of the molecule is Oc1cc(-c2ccc(Cl)cn2)cc2c1OCCN(C1CCCC1)C2. The van der Waals surface area contributed by atoms with Crippen molar-refractivity contribution in [3.8, 4) is 22.8 Å². The van der Waals surface area contributed by atoms with Gasteiger partial charge in [-0.05, 0) is 37.1 Å². The zero-order valence-corrected chi connectivity index (χ0v) is 14.3. The summed E-state index contributed by atoms with van der Waals surface area (Å²) in [5, 5.41) is 11.0. The van der Waals surface area contributed by atoms with Crippen molar-refractivity contribution in [3.05, 3.63) is 41.0 Å². The molecule has 1 aromatic carbocycles. The van der Waals surface area contributed by atoms with Crippen LogP contribution < -0.4 is 4.74 Å². The molecule has 0 radical (unpaired) electrons. The summed E-state index contributed by atoms with van der Waals surface area (Å²) in [5.41, 5.74) is 2.72. The van der Waals surface area contributed by atoms with Gasteiger partial charge in [-0.2, -0.15) is 0 Å². The fraction of sp³-hybridized carbons (Fsp3) is 0.421. The fourth-order valence-corrected chi connectivity index (χ4v) is 3.91. The molecule has 1 N–H and O–H groups in total. The van der Waals surface area contributed by atoms with Gasteiger partial charge in [-0.3, -0.25) is 9.88 Å². The van der Waals surface area contributed by atoms with E-state index in [4.69, 9.17) is 16.3 Å². The molecule has 0 bridgehead atoms. The van der Waals surface area contributed by atoms with E-state index in [-0.39, 0.29) is 5.75 Å². The van der Waals surface area contributed by atoms with Crippen LogP contribution in [-0.4, -0.2) is 34.2 Å². The lowest BCUT2D eigenvalue weighted by Crippen LogP contribution is -2.34. The molecule has 0 unspecified atom stereocenters. The first kappa shape index (κ1) is 15.7. The van der Waals surface area contributed by atoms with Crippen LogP contribution in [0.5, 0.6) is 11.5 Å². The fourth-order valence-electron chi connectivity index (χ4n) is 3.79. The lowest BCUT2D eigenvalue weighted by atomic mass is 10.0. The minimum Gasteiger partial charge on any atom is -0.504 e. The number of aromatic hydroxyl groups is 1. The number of benzene rings is 1. The van der Waals surface area contributed by atoms with Gasteiger partial charge in [0.2, 0.25) is 0 Å². The lowest BCUT2D eigenvalue weighted by molar-refractivity contribution is 0.170. The van der Waals surface area contributed by atoms with Crippen molar-refractivity contribution in [2.75, 3.05) is 13.2 Å². The molecular formula is C19H21ClN2O2. The van der Waals surface area contributed by atoms with Crippen molar-refractivity contribution in [1.82, 2.24) is 9.88 Å². The van der Waals surface area contributed by atoms with Crippen LogP contribution in [-0.2, 0) is 6.54 Å². The Kier molecular flexibility index (Phi) is 4.33. The summed E-state index contributed by atoms with van der Waals surface area (Å²) in [7, 11) is 0. The summed E-state index contributed by atoms with van der Waals surface area (Å²) in [6, 6.07) is 8.13. The lowest BCUT2D eigenvalue weighted by Gasteiger charge is -2.26. The molecule has 1 aromatic heterocycles. The quantitative estimate of drug-likeness (QED) is 0.884. The Bertz CT molecular complexity index is 727. The number of halogens is 1. The van der Waals surface area contributed by atoms with Gasteiger partial charge in [0.05, 0.1) is 10.7 Å². The number of rotatable bonds is 2. The molecule has 126 valence electrons. The van der Waals surface area contributed by atoms with Crippen molar-refractivity contribution >= 4 is 11.6 Å². The molecular weight excluding hydrogens is 324 g/mol. The van der Waals surface area contributed by atoms with Gasteiger partial charge in [0.1, 0.15) is 6.61 Å². The van der Waals surface area contributed by atoms with Crippen LogP contribution >= 0.6 is 11.6 Å². The highest BCUT2D eigenvalue weighted by Gasteiger charge is 2.27. The van der Waals surface area contributed by atoms with Crippen LogP contribution in [0.1, 0.15) is 31.2 Å². The maximum atomic E-state index is 10.4. The Hall–Kier alpha value is -1.78. The molecule has 1 fully saturated rings. The Labute approximate surface area is 147 Å². The summed E-state index contributed by atoms with van der Waals surface area (Å²) in [5.74, 6) is 0.806. The molecule has 1 aliphatic carbocycles. The molecule has 0 amide bonds. The predicted molar refractivity (Wildman–Crippen MR) is 94.5 cm³/mol. The second-order valence-electron chi connectivity index (χ2n) is 6.60. The molecule has 0 spiro atoms. The Morgan fingerprint density at radius 2 is 2.04 bits per heavy atom. The van der Waals surface area contributed by atoms with Crippen LogP contribution in [0.4, 0.5) is 0 Å². The summed E-state index contributed by atoms with van der Waals surface area (Å²) in [4.78, 5) is 6.86. The number of nitrogens with zero attached hydrogens (tertiary/aromatic N) is 2. The molecule has 0 atom stereocenters. The van der Waals surface area contributed by atoms with Crippen molar-refractivity contribution in [2.45, 2.75) is 38.3 Å². The number of ether oxygens (including phenoxy) is 1. The first-order valence-corrected chi connectivity index (χ1v) is 8.93. The number of phenolic OH excluding ortho intramolecular Hbond substituents is 1. The highest BCUT2D eigenvalue weighted by atomic mass is 35.5. The van der Waals surface area contributed by atoms with Gasteiger partial charge in [-0.25, -0.2) is 0 Å². The third kappa shape index (κ3) is 3.08. The van der Waals surface area contributed by atoms with Gasteiger partial charge in [0, 0.05) is 36.5 Å². The largest absolute Gasteiger partial charge is 0.504 e. The van der Waals surface area contributed by atoms with Gasteiger partial charge < -0.3 is 9.84 Å². The minimum absolute atomic E-state index is 0.188. The summed E-state index contributed by atoms with van der Waals surface area (Å²) in [6.45, 7) is 2.35. The van der Waals surface area contributed by atoms with Crippen LogP contribution in [0.25, 0.3) is 11.3 Å². The van der Waals surface area contributed by atoms with Crippen molar-refractivity contribution in [1.29, 1.82) is 0 Å². The molecule has 2 aliphatic rings. The number of hydrogen-bond acceptors (Lipinski definition) is 4. The molecule has 4 nitrogen and oxygen atoms in total. The normalized spacial score (nSPS) is 18.9. The molecule has 5 heteroatoms. The molecule has 24 heavy (non-hydrogen) atoms. The van der Waals surface area contributed by atoms with Crippen LogP contribution in [0, 0.1) is 0 Å². The average molecular weight is 345 g/mol. The van der Waals surface area contributed by atoms with Crippen molar-refractivity contribution < 1.29 is 9.84 Å². The number of aromatic nitrogens is 1. The molecule has 1 saturated carbocycles. The van der Waals surface area contributed by atoms with Crippen molar-refractivity contribution in [2.24, 2.45) is 0 Å². The topological polar surface area (TPSA) is 45.6 Å². The third-order valence-electron chi connectivity index (χ3n) is 5.01. The molecule has 2 aromatic rings. The minimum atomic E-state index is 0.188. The van der Waals surface area contributed by atoms with Gasteiger partial charge in [-0.1, -0.05) is 24.4 Å². The zero-order valence-electron chi connectivity index (χ0n) is 13.5. The van der Waals surface area contributed by atoms with E-state index in [1.54, 1.807) is 12.3 Å². The van der Waals surface area contributed by atoms with E-state index in [9.17, 15) is 5.11 Å². The Morgan fingerprint density at radius 1 is 1.21 bits per heavy atom. The smallest absolute Gasteiger partial charge is 0.165 e. The van der Waals surface area contributed by atoms with Gasteiger partial charge in [0.15, 0.2) is 11.5 Å². The summed E-state index contributed by atoms with van der Waals surface area (Å²) in [6.07, 6.45) is 6.78. The Balaban J connectivity index is 1.68. The van der Waals surface area contributed by atoms with E-state index >= 15 is 0 Å². The number of fused-ring (bicyclic) bond motifs is 1. The van der Waals surface area contributed by atoms with E-state index in [0.717, 1.165) is 29.9 Å².